The van der Waals surface area contributed by atoms with Gasteiger partial charge in [-0.15, -0.1) is 0 Å². The van der Waals surface area contributed by atoms with Crippen LogP contribution in [0.15, 0.2) is 53.0 Å². The first kappa shape index (κ1) is 13.0. The summed E-state index contributed by atoms with van der Waals surface area (Å²) in [6.07, 6.45) is 1.50. The lowest BCUT2D eigenvalue weighted by molar-refractivity contribution is 0.417. The Labute approximate surface area is 100 Å². The van der Waals surface area contributed by atoms with Gasteiger partial charge in [0.15, 0.2) is 11.6 Å². The largest absolute Gasteiger partial charge is 0.504 e. The third kappa shape index (κ3) is 3.45. The molecule has 0 aliphatic rings. The topological polar surface area (TPSA) is 44.6 Å². The van der Waals surface area contributed by atoms with Gasteiger partial charge in [-0.1, -0.05) is 18.7 Å². The third-order valence-corrected chi connectivity index (χ3v) is 2.01. The predicted molar refractivity (Wildman–Crippen MR) is 68.7 cm³/mol. The Morgan fingerprint density at radius 3 is 2.65 bits per heavy atom. The van der Waals surface area contributed by atoms with E-state index >= 15 is 0 Å². The van der Waals surface area contributed by atoms with Crippen LogP contribution in [0.1, 0.15) is 13.8 Å². The van der Waals surface area contributed by atoms with E-state index in [2.05, 4.69) is 16.9 Å². The van der Waals surface area contributed by atoms with Gasteiger partial charge in [0.1, 0.15) is 5.82 Å². The monoisotopic (exact) mass is 234 g/mol. The second-order valence-electron chi connectivity index (χ2n) is 3.47. The molecule has 90 valence electrons. The number of para-hydroxylation sites is 1. The zero-order chi connectivity index (χ0) is 12.8. The first-order valence-electron chi connectivity index (χ1n) is 5.15. The number of hydrogen-bond donors (Lipinski definition) is 2. The molecule has 2 N–H and O–H groups in total. The van der Waals surface area contributed by atoms with Crippen molar-refractivity contribution in [2.24, 2.45) is 4.99 Å². The lowest BCUT2D eigenvalue weighted by Gasteiger charge is -2.10. The molecule has 4 heteroatoms. The third-order valence-electron chi connectivity index (χ3n) is 2.01. The normalized spacial score (nSPS) is 12.4. The minimum Gasteiger partial charge on any atom is -0.504 e. The molecule has 0 radical (unpaired) electrons. The SMILES string of the molecule is C=C(C)/C(O)=C(\N=C/C)Nc1ccccc1F. The summed E-state index contributed by atoms with van der Waals surface area (Å²) >= 11 is 0. The first-order valence-corrected chi connectivity index (χ1v) is 5.15. The summed E-state index contributed by atoms with van der Waals surface area (Å²) in [7, 11) is 0. The zero-order valence-corrected chi connectivity index (χ0v) is 9.87. The number of allylic oxidation sites excluding steroid dienone is 1. The minimum absolute atomic E-state index is 0.0913. The summed E-state index contributed by atoms with van der Waals surface area (Å²) in [5.74, 6) is -0.331. The number of aliphatic hydroxyl groups is 1. The molecule has 0 amide bonds. The number of nitrogens with zero attached hydrogens (tertiary/aromatic N) is 1. The number of benzene rings is 1. The standard InChI is InChI=1S/C13H15FN2O/c1-4-15-13(12(17)9(2)3)16-11-8-6-5-7-10(11)14/h4-8,16-17H,2H2,1,3H3/b13-12-,15-4-. The highest BCUT2D eigenvalue weighted by Gasteiger charge is 2.07. The molecule has 1 aromatic rings. The van der Waals surface area contributed by atoms with Crippen LogP contribution in [0.3, 0.4) is 0 Å². The fourth-order valence-corrected chi connectivity index (χ4v) is 1.17. The quantitative estimate of drug-likeness (QED) is 0.474. The van der Waals surface area contributed by atoms with Crippen molar-refractivity contribution >= 4 is 11.9 Å². The predicted octanol–water partition coefficient (Wildman–Crippen LogP) is 3.63. The van der Waals surface area contributed by atoms with Gasteiger partial charge in [-0.3, -0.25) is 0 Å². The van der Waals surface area contributed by atoms with Crippen LogP contribution in [-0.4, -0.2) is 11.3 Å². The van der Waals surface area contributed by atoms with Crippen molar-refractivity contribution in [3.8, 4) is 0 Å². The number of aliphatic imine (C=N–C) groups is 1. The molecule has 0 spiro atoms. The van der Waals surface area contributed by atoms with Gasteiger partial charge in [0.25, 0.3) is 0 Å². The maximum absolute atomic E-state index is 13.4. The molecule has 0 aliphatic heterocycles. The second kappa shape index (κ2) is 5.84. The highest BCUT2D eigenvalue weighted by Crippen LogP contribution is 2.18. The fourth-order valence-electron chi connectivity index (χ4n) is 1.17. The highest BCUT2D eigenvalue weighted by molar-refractivity contribution is 5.59. The molecule has 0 aliphatic carbocycles. The van der Waals surface area contributed by atoms with Crippen LogP contribution in [0.2, 0.25) is 0 Å². The van der Waals surface area contributed by atoms with Gasteiger partial charge in [-0.05, 0) is 31.6 Å². The molecule has 0 aromatic heterocycles. The summed E-state index contributed by atoms with van der Waals surface area (Å²) in [5.41, 5.74) is 0.704. The van der Waals surface area contributed by atoms with E-state index in [4.69, 9.17) is 0 Å². The highest BCUT2D eigenvalue weighted by atomic mass is 19.1. The van der Waals surface area contributed by atoms with Gasteiger partial charge in [0.05, 0.1) is 5.69 Å². The van der Waals surface area contributed by atoms with Crippen LogP contribution in [-0.2, 0) is 0 Å². The van der Waals surface area contributed by atoms with Crippen LogP contribution in [0.25, 0.3) is 0 Å². The smallest absolute Gasteiger partial charge is 0.172 e. The van der Waals surface area contributed by atoms with Gasteiger partial charge in [0, 0.05) is 6.21 Å². The zero-order valence-electron chi connectivity index (χ0n) is 9.87. The van der Waals surface area contributed by atoms with E-state index in [0.29, 0.717) is 5.57 Å². The van der Waals surface area contributed by atoms with Crippen LogP contribution >= 0.6 is 0 Å². The first-order chi connectivity index (χ1) is 8.06. The fraction of sp³-hybridized carbons (Fsp3) is 0.154. The Kier molecular flexibility index (Phi) is 4.46. The molecule has 1 aromatic carbocycles. The van der Waals surface area contributed by atoms with E-state index in [-0.39, 0.29) is 17.3 Å². The van der Waals surface area contributed by atoms with Crippen molar-refractivity contribution in [1.29, 1.82) is 0 Å². The second-order valence-corrected chi connectivity index (χ2v) is 3.47. The van der Waals surface area contributed by atoms with Crippen molar-refractivity contribution in [3.05, 3.63) is 53.8 Å². The molecule has 0 bridgehead atoms. The molecule has 0 unspecified atom stereocenters. The van der Waals surface area contributed by atoms with E-state index in [1.165, 1.54) is 12.3 Å². The molecule has 17 heavy (non-hydrogen) atoms. The summed E-state index contributed by atoms with van der Waals surface area (Å²) in [6, 6.07) is 6.17. The molecule has 1 rings (SSSR count). The maximum atomic E-state index is 13.4. The average molecular weight is 234 g/mol. The Morgan fingerprint density at radius 1 is 1.47 bits per heavy atom. The minimum atomic E-state index is -0.411. The number of anilines is 1. The maximum Gasteiger partial charge on any atom is 0.172 e. The van der Waals surface area contributed by atoms with Crippen LogP contribution in [0.5, 0.6) is 0 Å². The summed E-state index contributed by atoms with van der Waals surface area (Å²) in [4.78, 5) is 3.95. The summed E-state index contributed by atoms with van der Waals surface area (Å²) < 4.78 is 13.4. The van der Waals surface area contributed by atoms with Crippen molar-refractivity contribution in [1.82, 2.24) is 0 Å². The van der Waals surface area contributed by atoms with Crippen molar-refractivity contribution < 1.29 is 9.50 Å². The Morgan fingerprint density at radius 2 is 2.12 bits per heavy atom. The summed E-state index contributed by atoms with van der Waals surface area (Å²) in [5, 5.41) is 12.5. The molecule has 0 heterocycles. The lowest BCUT2D eigenvalue weighted by Crippen LogP contribution is -2.04. The van der Waals surface area contributed by atoms with E-state index in [0.717, 1.165) is 0 Å². The number of aliphatic hydroxyl groups excluding tert-OH is 1. The van der Waals surface area contributed by atoms with E-state index in [1.54, 1.807) is 32.0 Å². The molecule has 0 saturated carbocycles. The van der Waals surface area contributed by atoms with Crippen LogP contribution in [0, 0.1) is 5.82 Å². The summed E-state index contributed by atoms with van der Waals surface area (Å²) in [6.45, 7) is 6.95. The number of hydrogen-bond acceptors (Lipinski definition) is 3. The molecular formula is C13H15FN2O. The number of rotatable bonds is 4. The molecule has 0 atom stereocenters. The molecular weight excluding hydrogens is 219 g/mol. The van der Waals surface area contributed by atoms with Gasteiger partial charge in [-0.25, -0.2) is 9.38 Å². The van der Waals surface area contributed by atoms with Gasteiger partial charge >= 0.3 is 0 Å². The average Bonchev–Trinajstić information content (AvgIpc) is 2.30. The van der Waals surface area contributed by atoms with Crippen molar-refractivity contribution in [2.75, 3.05) is 5.32 Å². The van der Waals surface area contributed by atoms with E-state index < -0.39 is 5.82 Å². The number of halogens is 1. The molecule has 0 fully saturated rings. The Balaban J connectivity index is 3.09. The Hall–Kier alpha value is -2.10. The Bertz CT molecular complexity index is 478. The van der Waals surface area contributed by atoms with Gasteiger partial charge < -0.3 is 10.4 Å². The van der Waals surface area contributed by atoms with E-state index in [1.807, 2.05) is 0 Å². The van der Waals surface area contributed by atoms with Gasteiger partial charge in [0.2, 0.25) is 0 Å². The van der Waals surface area contributed by atoms with Crippen molar-refractivity contribution in [2.45, 2.75) is 13.8 Å². The van der Waals surface area contributed by atoms with E-state index in [9.17, 15) is 9.50 Å². The molecule has 0 saturated heterocycles. The van der Waals surface area contributed by atoms with Crippen LogP contribution < -0.4 is 5.32 Å². The number of nitrogens with one attached hydrogen (secondary N) is 1. The lowest BCUT2D eigenvalue weighted by atomic mass is 10.2. The molecule has 3 nitrogen and oxygen atoms in total. The van der Waals surface area contributed by atoms with Gasteiger partial charge in [-0.2, -0.15) is 0 Å². The van der Waals surface area contributed by atoms with Crippen LogP contribution in [0.4, 0.5) is 10.1 Å². The van der Waals surface area contributed by atoms with Crippen molar-refractivity contribution in [3.63, 3.8) is 0 Å².